The average molecular weight is 230 g/mol. The molecule has 2 heterocycles. The molecule has 0 aromatic carbocycles. The van der Waals surface area contributed by atoms with Crippen LogP contribution in [0.5, 0.6) is 0 Å². The average Bonchev–Trinajstić information content (AvgIpc) is 2.59. The lowest BCUT2D eigenvalue weighted by Gasteiger charge is -2.29. The van der Waals surface area contributed by atoms with E-state index in [-0.39, 0.29) is 25.7 Å². The predicted octanol–water partition coefficient (Wildman–Crippen LogP) is -2.25. The fraction of sp³-hybridized carbons (Fsp3) is 0.750. The monoisotopic (exact) mass is 230 g/mol. The van der Waals surface area contributed by atoms with Crippen LogP contribution in [0, 0.1) is 0 Å². The van der Waals surface area contributed by atoms with Gasteiger partial charge < -0.3 is 20.7 Å². The molecule has 0 radical (unpaired) electrons. The van der Waals surface area contributed by atoms with E-state index in [0.29, 0.717) is 0 Å². The van der Waals surface area contributed by atoms with Crippen molar-refractivity contribution >= 4 is 12.0 Å². The van der Waals surface area contributed by atoms with Crippen molar-refractivity contribution in [1.29, 1.82) is 0 Å². The quantitative estimate of drug-likeness (QED) is 0.427. The van der Waals surface area contributed by atoms with Crippen molar-refractivity contribution in [2.45, 2.75) is 24.9 Å². The highest BCUT2D eigenvalue weighted by molar-refractivity contribution is 5.96. The molecule has 2 amide bonds. The molecule has 1 saturated heterocycles. The minimum atomic E-state index is -0.772. The van der Waals surface area contributed by atoms with Crippen LogP contribution in [-0.2, 0) is 4.74 Å². The van der Waals surface area contributed by atoms with E-state index >= 15 is 0 Å². The van der Waals surface area contributed by atoms with Gasteiger partial charge in [0.05, 0.1) is 12.7 Å². The third-order valence-corrected chi connectivity index (χ3v) is 2.62. The van der Waals surface area contributed by atoms with Gasteiger partial charge in [-0.25, -0.2) is 9.79 Å². The number of ether oxygens (including phenoxy) is 1. The van der Waals surface area contributed by atoms with Gasteiger partial charge in [-0.2, -0.15) is 0 Å². The molecule has 16 heavy (non-hydrogen) atoms. The summed E-state index contributed by atoms with van der Waals surface area (Å²) < 4.78 is 5.32. The lowest BCUT2D eigenvalue weighted by molar-refractivity contribution is -0.0637. The summed E-state index contributed by atoms with van der Waals surface area (Å²) in [5.74, 6) is 0.0681. The van der Waals surface area contributed by atoms with E-state index in [9.17, 15) is 9.90 Å². The Hall–Kier alpha value is -1.38. The molecule has 90 valence electrons. The summed E-state index contributed by atoms with van der Waals surface area (Å²) in [6.45, 7) is -0.189. The number of rotatable bonds is 2. The second kappa shape index (κ2) is 4.24. The van der Waals surface area contributed by atoms with Crippen LogP contribution in [0.2, 0.25) is 0 Å². The molecule has 8 heteroatoms. The summed E-state index contributed by atoms with van der Waals surface area (Å²) in [5, 5.41) is 20.8. The number of carbonyl (C=O) groups is 1. The number of aliphatic imine (C=N–C) groups is 1. The number of nitrogens with two attached hydrogens (primary N) is 1. The zero-order valence-electron chi connectivity index (χ0n) is 8.54. The van der Waals surface area contributed by atoms with Gasteiger partial charge in [-0.1, -0.05) is 0 Å². The Balaban J connectivity index is 2.02. The van der Waals surface area contributed by atoms with Gasteiger partial charge in [0, 0.05) is 6.42 Å². The maximum Gasteiger partial charge on any atom is 0.327 e. The Morgan fingerprint density at radius 2 is 2.44 bits per heavy atom. The molecule has 2 aliphatic heterocycles. The molecular formula is C8H14N4O4. The number of hydrogen-bond donors (Lipinski definition) is 4. The zero-order chi connectivity index (χ0) is 11.7. The summed E-state index contributed by atoms with van der Waals surface area (Å²) in [4.78, 5) is 16.7. The number of urea groups is 1. The minimum absolute atomic E-state index is 0.0681. The first-order valence-electron chi connectivity index (χ1n) is 4.93. The van der Waals surface area contributed by atoms with Crippen LogP contribution in [0.4, 0.5) is 4.79 Å². The van der Waals surface area contributed by atoms with Crippen molar-refractivity contribution in [2.24, 2.45) is 10.7 Å². The number of aliphatic hydroxyl groups excluding tert-OH is 2. The van der Waals surface area contributed by atoms with E-state index in [4.69, 9.17) is 15.6 Å². The Morgan fingerprint density at radius 3 is 3.00 bits per heavy atom. The minimum Gasteiger partial charge on any atom is -0.394 e. The lowest BCUT2D eigenvalue weighted by atomic mass is 10.2. The standard InChI is InChI=1S/C8H14N4O4/c9-7-10-3-12(8(15)11-7)6-1-4(14)5(2-13)16-6/h4-6,13-14H,1-3H2,(H3,9,10,11,15)/t4-,5-,6+/m1/s1. The predicted molar refractivity (Wildman–Crippen MR) is 53.2 cm³/mol. The van der Waals surface area contributed by atoms with Crippen molar-refractivity contribution in [3.8, 4) is 0 Å². The first-order valence-corrected chi connectivity index (χ1v) is 4.93. The molecule has 0 spiro atoms. The van der Waals surface area contributed by atoms with E-state index in [1.807, 2.05) is 0 Å². The number of hydrogen-bond acceptors (Lipinski definition) is 6. The topological polar surface area (TPSA) is 120 Å². The molecule has 5 N–H and O–H groups in total. The van der Waals surface area contributed by atoms with Gasteiger partial charge in [0.15, 0.2) is 5.96 Å². The number of guanidine groups is 1. The molecule has 3 atom stereocenters. The smallest absolute Gasteiger partial charge is 0.327 e. The molecule has 0 aliphatic carbocycles. The van der Waals surface area contributed by atoms with Crippen molar-refractivity contribution < 1.29 is 19.7 Å². The van der Waals surface area contributed by atoms with Crippen molar-refractivity contribution in [3.05, 3.63) is 0 Å². The van der Waals surface area contributed by atoms with E-state index < -0.39 is 24.5 Å². The van der Waals surface area contributed by atoms with Gasteiger partial charge in [0.1, 0.15) is 19.0 Å². The maximum atomic E-state index is 11.5. The summed E-state index contributed by atoms with van der Waals surface area (Å²) >= 11 is 0. The second-order valence-corrected chi connectivity index (χ2v) is 3.70. The van der Waals surface area contributed by atoms with Crippen LogP contribution in [0.15, 0.2) is 4.99 Å². The molecule has 0 saturated carbocycles. The number of nitrogens with zero attached hydrogens (tertiary/aromatic N) is 2. The first kappa shape index (κ1) is 11.1. The normalized spacial score (nSPS) is 34.9. The van der Waals surface area contributed by atoms with E-state index in [0.717, 1.165) is 0 Å². The van der Waals surface area contributed by atoms with Gasteiger partial charge in [0.25, 0.3) is 0 Å². The Morgan fingerprint density at radius 1 is 1.69 bits per heavy atom. The van der Waals surface area contributed by atoms with Gasteiger partial charge >= 0.3 is 6.03 Å². The largest absolute Gasteiger partial charge is 0.394 e. The van der Waals surface area contributed by atoms with Crippen molar-refractivity contribution in [1.82, 2.24) is 10.2 Å². The van der Waals surface area contributed by atoms with Crippen LogP contribution < -0.4 is 11.1 Å². The van der Waals surface area contributed by atoms with Crippen LogP contribution in [-0.4, -0.2) is 58.8 Å². The van der Waals surface area contributed by atoms with Crippen molar-refractivity contribution in [2.75, 3.05) is 13.3 Å². The fourth-order valence-electron chi connectivity index (χ4n) is 1.73. The second-order valence-electron chi connectivity index (χ2n) is 3.70. The lowest BCUT2D eigenvalue weighted by Crippen LogP contribution is -2.54. The van der Waals surface area contributed by atoms with Crippen LogP contribution in [0.1, 0.15) is 6.42 Å². The molecule has 0 bridgehead atoms. The van der Waals surface area contributed by atoms with Gasteiger partial charge in [0.2, 0.25) is 0 Å². The molecule has 0 aromatic rings. The van der Waals surface area contributed by atoms with Gasteiger partial charge in [-0.15, -0.1) is 0 Å². The Kier molecular flexibility index (Phi) is 2.95. The molecule has 2 rings (SSSR count). The van der Waals surface area contributed by atoms with Crippen LogP contribution >= 0.6 is 0 Å². The first-order chi connectivity index (χ1) is 7.61. The number of aliphatic hydroxyl groups is 2. The van der Waals surface area contributed by atoms with Gasteiger partial charge in [-0.05, 0) is 0 Å². The third-order valence-electron chi connectivity index (χ3n) is 2.62. The summed E-state index contributed by atoms with van der Waals surface area (Å²) in [7, 11) is 0. The molecule has 2 aliphatic rings. The summed E-state index contributed by atoms with van der Waals surface area (Å²) in [6.07, 6.45) is -1.75. The highest BCUT2D eigenvalue weighted by Gasteiger charge is 2.39. The highest BCUT2D eigenvalue weighted by Crippen LogP contribution is 2.23. The molecule has 0 unspecified atom stereocenters. The highest BCUT2D eigenvalue weighted by atomic mass is 16.5. The van der Waals surface area contributed by atoms with Crippen molar-refractivity contribution in [3.63, 3.8) is 0 Å². The maximum absolute atomic E-state index is 11.5. The summed E-state index contributed by atoms with van der Waals surface area (Å²) in [5.41, 5.74) is 5.33. The van der Waals surface area contributed by atoms with E-state index in [1.165, 1.54) is 4.90 Å². The molecule has 8 nitrogen and oxygen atoms in total. The number of amides is 2. The Labute approximate surface area is 91.7 Å². The number of carbonyl (C=O) groups excluding carboxylic acids is 1. The summed E-state index contributed by atoms with van der Waals surface area (Å²) in [6, 6.07) is -0.414. The molecule has 0 aromatic heterocycles. The zero-order valence-corrected chi connectivity index (χ0v) is 8.54. The van der Waals surface area contributed by atoms with Crippen LogP contribution in [0.3, 0.4) is 0 Å². The van der Waals surface area contributed by atoms with Crippen LogP contribution in [0.25, 0.3) is 0 Å². The van der Waals surface area contributed by atoms with Gasteiger partial charge in [-0.3, -0.25) is 10.2 Å². The molecular weight excluding hydrogens is 216 g/mol. The SMILES string of the molecule is NC1=NCN([C@@H]2C[C@@H](O)[C@@H](CO)O2)C(=O)N1. The Bertz CT molecular complexity index is 321. The third kappa shape index (κ3) is 1.94. The van der Waals surface area contributed by atoms with E-state index in [1.54, 1.807) is 0 Å². The number of nitrogens with one attached hydrogen (secondary N) is 1. The van der Waals surface area contributed by atoms with E-state index in [2.05, 4.69) is 10.3 Å². The fourth-order valence-corrected chi connectivity index (χ4v) is 1.73. The molecule has 1 fully saturated rings.